The normalized spacial score (nSPS) is 11.1. The maximum atomic E-state index is 9.73. The van der Waals surface area contributed by atoms with Crippen molar-refractivity contribution in [3.8, 4) is 11.5 Å². The van der Waals surface area contributed by atoms with Gasteiger partial charge in [-0.1, -0.05) is 26.0 Å². The molecule has 1 aromatic carbocycles. The molecular formula is C12H13NO2. The number of pyridine rings is 1. The first-order valence-electron chi connectivity index (χ1n) is 4.91. The monoisotopic (exact) mass is 203 g/mol. The maximum Gasteiger partial charge on any atom is 0.141 e. The van der Waals surface area contributed by atoms with Gasteiger partial charge in [0.15, 0.2) is 0 Å². The number of aromatic nitrogens is 1. The number of hydrogen-bond acceptors (Lipinski definition) is 3. The van der Waals surface area contributed by atoms with Gasteiger partial charge in [-0.3, -0.25) is 0 Å². The quantitative estimate of drug-likeness (QED) is 0.749. The summed E-state index contributed by atoms with van der Waals surface area (Å²) < 4.78 is 0. The van der Waals surface area contributed by atoms with Gasteiger partial charge in [0, 0.05) is 10.9 Å². The molecule has 2 rings (SSSR count). The number of nitrogens with zero attached hydrogens (tertiary/aromatic N) is 1. The number of aromatic hydroxyl groups is 2. The van der Waals surface area contributed by atoms with Crippen LogP contribution in [-0.2, 0) is 0 Å². The van der Waals surface area contributed by atoms with Gasteiger partial charge in [0.05, 0.1) is 6.20 Å². The largest absolute Gasteiger partial charge is 0.506 e. The van der Waals surface area contributed by atoms with Crippen LogP contribution in [0.4, 0.5) is 0 Å². The molecule has 0 bridgehead atoms. The molecule has 0 saturated heterocycles. The van der Waals surface area contributed by atoms with Crippen molar-refractivity contribution in [3.05, 3.63) is 30.0 Å². The molecule has 3 nitrogen and oxygen atoms in total. The van der Waals surface area contributed by atoms with Crippen molar-refractivity contribution in [1.82, 2.24) is 4.98 Å². The molecule has 3 heteroatoms. The van der Waals surface area contributed by atoms with Crippen LogP contribution in [0.3, 0.4) is 0 Å². The van der Waals surface area contributed by atoms with Crippen LogP contribution in [-0.4, -0.2) is 15.2 Å². The minimum atomic E-state index is 0.148. The topological polar surface area (TPSA) is 53.4 Å². The van der Waals surface area contributed by atoms with E-state index in [1.165, 1.54) is 6.20 Å². The number of rotatable bonds is 1. The van der Waals surface area contributed by atoms with Crippen LogP contribution in [0.15, 0.2) is 24.4 Å². The fourth-order valence-corrected chi connectivity index (χ4v) is 1.82. The van der Waals surface area contributed by atoms with Gasteiger partial charge in [-0.25, -0.2) is 4.98 Å². The SMILES string of the molecule is CC(C)c1c(O)cnc2c(O)cccc12. The zero-order valence-corrected chi connectivity index (χ0v) is 8.73. The molecule has 2 N–H and O–H groups in total. The van der Waals surface area contributed by atoms with Gasteiger partial charge in [-0.2, -0.15) is 0 Å². The third-order valence-corrected chi connectivity index (χ3v) is 2.47. The Bertz CT molecular complexity index is 506. The van der Waals surface area contributed by atoms with E-state index < -0.39 is 0 Å². The molecule has 0 atom stereocenters. The summed E-state index contributed by atoms with van der Waals surface area (Å²) in [6, 6.07) is 5.21. The molecule has 0 aliphatic rings. The second kappa shape index (κ2) is 3.42. The fourth-order valence-electron chi connectivity index (χ4n) is 1.82. The van der Waals surface area contributed by atoms with Crippen molar-refractivity contribution in [3.63, 3.8) is 0 Å². The molecule has 1 heterocycles. The molecule has 0 amide bonds. The Morgan fingerprint density at radius 3 is 2.53 bits per heavy atom. The van der Waals surface area contributed by atoms with Crippen LogP contribution in [0.1, 0.15) is 25.3 Å². The summed E-state index contributed by atoms with van der Waals surface area (Å²) in [6.45, 7) is 4.00. The predicted molar refractivity (Wildman–Crippen MR) is 59.2 cm³/mol. The Morgan fingerprint density at radius 1 is 1.13 bits per heavy atom. The number of hydrogen-bond donors (Lipinski definition) is 2. The third-order valence-electron chi connectivity index (χ3n) is 2.47. The zero-order valence-electron chi connectivity index (χ0n) is 8.73. The van der Waals surface area contributed by atoms with Crippen LogP contribution in [0, 0.1) is 0 Å². The van der Waals surface area contributed by atoms with E-state index >= 15 is 0 Å². The number of phenols is 1. The average Bonchev–Trinajstić information content (AvgIpc) is 2.17. The Labute approximate surface area is 88.0 Å². The standard InChI is InChI=1S/C12H13NO2/c1-7(2)11-8-4-3-5-9(14)12(8)13-6-10(11)15/h3-7,14-15H,1-2H3. The van der Waals surface area contributed by atoms with Gasteiger partial charge in [-0.05, 0) is 12.0 Å². The molecule has 0 saturated carbocycles. The molecule has 1 aromatic heterocycles. The lowest BCUT2D eigenvalue weighted by atomic mass is 9.98. The van der Waals surface area contributed by atoms with Crippen LogP contribution < -0.4 is 0 Å². The minimum absolute atomic E-state index is 0.148. The molecule has 15 heavy (non-hydrogen) atoms. The second-order valence-electron chi connectivity index (χ2n) is 3.89. The highest BCUT2D eigenvalue weighted by Crippen LogP contribution is 2.34. The van der Waals surface area contributed by atoms with Crippen molar-refractivity contribution in [1.29, 1.82) is 0 Å². The number of fused-ring (bicyclic) bond motifs is 1. The van der Waals surface area contributed by atoms with Crippen molar-refractivity contribution in [2.45, 2.75) is 19.8 Å². The summed E-state index contributed by atoms with van der Waals surface area (Å²) in [5, 5.41) is 20.2. The molecule has 0 aliphatic heterocycles. The molecule has 0 fully saturated rings. The van der Waals surface area contributed by atoms with E-state index in [2.05, 4.69) is 4.98 Å². The fraction of sp³-hybridized carbons (Fsp3) is 0.250. The summed E-state index contributed by atoms with van der Waals surface area (Å²) >= 11 is 0. The molecule has 2 aromatic rings. The van der Waals surface area contributed by atoms with Gasteiger partial charge in [0.1, 0.15) is 17.0 Å². The number of para-hydroxylation sites is 1. The highest BCUT2D eigenvalue weighted by atomic mass is 16.3. The van der Waals surface area contributed by atoms with E-state index in [0.717, 1.165) is 10.9 Å². The number of phenolic OH excluding ortho intramolecular Hbond substituents is 1. The van der Waals surface area contributed by atoms with E-state index in [1.807, 2.05) is 19.9 Å². The van der Waals surface area contributed by atoms with E-state index in [9.17, 15) is 10.2 Å². The molecular weight excluding hydrogens is 190 g/mol. The van der Waals surface area contributed by atoms with Crippen molar-refractivity contribution in [2.75, 3.05) is 0 Å². The van der Waals surface area contributed by atoms with Gasteiger partial charge in [0.2, 0.25) is 0 Å². The van der Waals surface area contributed by atoms with E-state index in [1.54, 1.807) is 12.1 Å². The molecule has 78 valence electrons. The Balaban J connectivity index is 2.88. The van der Waals surface area contributed by atoms with Crippen molar-refractivity contribution in [2.24, 2.45) is 0 Å². The van der Waals surface area contributed by atoms with Crippen LogP contribution in [0.5, 0.6) is 11.5 Å². The summed E-state index contributed by atoms with van der Waals surface area (Å²) in [4.78, 5) is 4.02. The van der Waals surface area contributed by atoms with Gasteiger partial charge in [-0.15, -0.1) is 0 Å². The van der Waals surface area contributed by atoms with Crippen molar-refractivity contribution >= 4 is 10.9 Å². The van der Waals surface area contributed by atoms with Crippen LogP contribution >= 0.6 is 0 Å². The first kappa shape index (κ1) is 9.77. The van der Waals surface area contributed by atoms with Gasteiger partial charge in [0.25, 0.3) is 0 Å². The molecule has 0 spiro atoms. The first-order chi connectivity index (χ1) is 7.11. The highest BCUT2D eigenvalue weighted by molar-refractivity contribution is 5.88. The number of benzene rings is 1. The summed E-state index contributed by atoms with van der Waals surface area (Å²) in [6.07, 6.45) is 1.39. The molecule has 0 radical (unpaired) electrons. The maximum absolute atomic E-state index is 9.73. The minimum Gasteiger partial charge on any atom is -0.506 e. The zero-order chi connectivity index (χ0) is 11.0. The third kappa shape index (κ3) is 1.50. The Kier molecular flexibility index (Phi) is 2.23. The Hall–Kier alpha value is -1.77. The lowest BCUT2D eigenvalue weighted by Crippen LogP contribution is -1.92. The van der Waals surface area contributed by atoms with Gasteiger partial charge >= 0.3 is 0 Å². The van der Waals surface area contributed by atoms with Gasteiger partial charge < -0.3 is 10.2 Å². The van der Waals surface area contributed by atoms with Crippen LogP contribution in [0.2, 0.25) is 0 Å². The van der Waals surface area contributed by atoms with Crippen LogP contribution in [0.25, 0.3) is 10.9 Å². The highest BCUT2D eigenvalue weighted by Gasteiger charge is 2.12. The first-order valence-corrected chi connectivity index (χ1v) is 4.91. The van der Waals surface area contributed by atoms with E-state index in [4.69, 9.17) is 0 Å². The van der Waals surface area contributed by atoms with Crippen molar-refractivity contribution < 1.29 is 10.2 Å². The summed E-state index contributed by atoms with van der Waals surface area (Å²) in [7, 11) is 0. The molecule has 0 unspecified atom stereocenters. The summed E-state index contributed by atoms with van der Waals surface area (Å²) in [5.41, 5.74) is 1.37. The van der Waals surface area contributed by atoms with E-state index in [0.29, 0.717) is 5.52 Å². The smallest absolute Gasteiger partial charge is 0.141 e. The lowest BCUT2D eigenvalue weighted by molar-refractivity contribution is 0.462. The van der Waals surface area contributed by atoms with E-state index in [-0.39, 0.29) is 17.4 Å². The predicted octanol–water partition coefficient (Wildman–Crippen LogP) is 2.77. The molecule has 0 aliphatic carbocycles. The lowest BCUT2D eigenvalue weighted by Gasteiger charge is -2.11. The second-order valence-corrected chi connectivity index (χ2v) is 3.89. The summed E-state index contributed by atoms with van der Waals surface area (Å²) in [5.74, 6) is 0.523. The Morgan fingerprint density at radius 2 is 1.87 bits per heavy atom. The average molecular weight is 203 g/mol.